The van der Waals surface area contributed by atoms with E-state index in [9.17, 15) is 4.79 Å². The molecule has 50 heavy (non-hydrogen) atoms. The second-order valence-corrected chi connectivity index (χ2v) is 15.5. The van der Waals surface area contributed by atoms with Crippen LogP contribution in [0, 0.1) is 19.3 Å². The molecule has 4 aromatic rings. The number of aryl methyl sites for hydroxylation is 2. The van der Waals surface area contributed by atoms with Crippen molar-refractivity contribution in [2.45, 2.75) is 138 Å². The summed E-state index contributed by atoms with van der Waals surface area (Å²) >= 11 is 0. The topological polar surface area (TPSA) is 35.5 Å². The summed E-state index contributed by atoms with van der Waals surface area (Å²) in [6.45, 7) is 22.0. The Labute approximate surface area is 303 Å². The van der Waals surface area contributed by atoms with Gasteiger partial charge in [-0.1, -0.05) is 140 Å². The van der Waals surface area contributed by atoms with E-state index in [4.69, 9.17) is 9.47 Å². The summed E-state index contributed by atoms with van der Waals surface area (Å²) in [6.07, 6.45) is 9.05. The summed E-state index contributed by atoms with van der Waals surface area (Å²) in [7, 11) is 0. The number of ether oxygens (including phenoxy) is 2. The highest BCUT2D eigenvalue weighted by molar-refractivity contribution is 5.83. The highest BCUT2D eigenvalue weighted by atomic mass is 16.5. The largest absolute Gasteiger partial charge is 0.487 e. The zero-order valence-electron chi connectivity index (χ0n) is 32.7. The number of benzene rings is 4. The molecule has 0 spiro atoms. The predicted molar refractivity (Wildman–Crippen MR) is 212 cm³/mol. The van der Waals surface area contributed by atoms with Crippen molar-refractivity contribution < 1.29 is 14.3 Å². The van der Waals surface area contributed by atoms with Crippen LogP contribution in [0.4, 0.5) is 0 Å². The van der Waals surface area contributed by atoms with Gasteiger partial charge in [0.2, 0.25) is 0 Å². The first kappa shape index (κ1) is 38.9. The maximum atomic E-state index is 13.8. The van der Waals surface area contributed by atoms with Gasteiger partial charge in [0, 0.05) is 16.5 Å². The summed E-state index contributed by atoms with van der Waals surface area (Å²) in [5.41, 5.74) is 7.65. The second-order valence-electron chi connectivity index (χ2n) is 15.5. The molecule has 0 aliphatic rings. The smallest absolute Gasteiger partial charge is 0.317 e. The molecule has 0 radical (unpaired) electrons. The van der Waals surface area contributed by atoms with E-state index in [0.29, 0.717) is 5.75 Å². The molecule has 0 N–H and O–H groups in total. The van der Waals surface area contributed by atoms with Crippen molar-refractivity contribution in [1.29, 1.82) is 0 Å². The van der Waals surface area contributed by atoms with Gasteiger partial charge < -0.3 is 9.47 Å². The lowest BCUT2D eigenvalue weighted by molar-refractivity contribution is -0.145. The van der Waals surface area contributed by atoms with Gasteiger partial charge in [0.1, 0.15) is 17.1 Å². The predicted octanol–water partition coefficient (Wildman–Crippen LogP) is 13.6. The molecule has 4 rings (SSSR count). The lowest BCUT2D eigenvalue weighted by Gasteiger charge is -2.34. The van der Waals surface area contributed by atoms with Gasteiger partial charge in [0.25, 0.3) is 0 Å². The number of carbonyl (C=O) groups is 1. The molecule has 0 bridgehead atoms. The van der Waals surface area contributed by atoms with Crippen LogP contribution in [-0.2, 0) is 10.2 Å². The molecule has 2 unspecified atom stereocenters. The zero-order valence-corrected chi connectivity index (χ0v) is 32.7. The van der Waals surface area contributed by atoms with Gasteiger partial charge in [-0.25, -0.2) is 0 Å². The molecule has 3 nitrogen and oxygen atoms in total. The third-order valence-corrected chi connectivity index (χ3v) is 10.9. The Morgan fingerprint density at radius 1 is 0.600 bits per heavy atom. The highest BCUT2D eigenvalue weighted by Crippen LogP contribution is 2.45. The fourth-order valence-electron chi connectivity index (χ4n) is 7.13. The average molecular weight is 675 g/mol. The Balaban J connectivity index is 1.87. The second kappa shape index (κ2) is 16.9. The normalized spacial score (nSPS) is 14.1. The van der Waals surface area contributed by atoms with Crippen LogP contribution in [0.1, 0.15) is 135 Å². The third-order valence-electron chi connectivity index (χ3n) is 10.9. The van der Waals surface area contributed by atoms with Crippen LogP contribution < -0.4 is 9.47 Å². The van der Waals surface area contributed by atoms with Gasteiger partial charge in [0.05, 0.1) is 5.41 Å². The van der Waals surface area contributed by atoms with Crippen LogP contribution in [0.25, 0.3) is 22.3 Å². The lowest BCUT2D eigenvalue weighted by Crippen LogP contribution is -2.33. The monoisotopic (exact) mass is 674 g/mol. The number of unbranched alkanes of at least 4 members (excludes halogenated alkanes) is 2. The van der Waals surface area contributed by atoms with E-state index < -0.39 is 5.41 Å². The molecular formula is C47H62O3. The van der Waals surface area contributed by atoms with E-state index in [1.165, 1.54) is 11.1 Å². The molecule has 0 heterocycles. The summed E-state index contributed by atoms with van der Waals surface area (Å²) in [4.78, 5) is 13.8. The first-order valence-corrected chi connectivity index (χ1v) is 19.1. The van der Waals surface area contributed by atoms with Crippen molar-refractivity contribution in [2.24, 2.45) is 5.41 Å². The van der Waals surface area contributed by atoms with E-state index in [0.717, 1.165) is 96.9 Å². The van der Waals surface area contributed by atoms with Crippen molar-refractivity contribution in [3.63, 3.8) is 0 Å². The van der Waals surface area contributed by atoms with Crippen LogP contribution >= 0.6 is 0 Å². The van der Waals surface area contributed by atoms with E-state index in [2.05, 4.69) is 136 Å². The summed E-state index contributed by atoms with van der Waals surface area (Å²) in [5, 5.41) is 0. The molecule has 268 valence electrons. The minimum absolute atomic E-state index is 0.145. The molecule has 4 aromatic carbocycles. The minimum Gasteiger partial charge on any atom is -0.487 e. The molecule has 0 amide bonds. The maximum absolute atomic E-state index is 13.8. The molecule has 0 aliphatic carbocycles. The Hall–Kier alpha value is -3.85. The number of rotatable bonds is 17. The lowest BCUT2D eigenvalue weighted by atomic mass is 9.75. The van der Waals surface area contributed by atoms with Gasteiger partial charge in [-0.3, -0.25) is 4.79 Å². The molecule has 0 saturated carbocycles. The zero-order chi connectivity index (χ0) is 36.5. The molecule has 3 heteroatoms. The molecule has 0 saturated heterocycles. The summed E-state index contributed by atoms with van der Waals surface area (Å²) in [6, 6.07) is 30.1. The van der Waals surface area contributed by atoms with Crippen molar-refractivity contribution in [2.75, 3.05) is 0 Å². The fraction of sp³-hybridized carbons (Fsp3) is 0.468. The Morgan fingerprint density at radius 3 is 1.56 bits per heavy atom. The van der Waals surface area contributed by atoms with E-state index in [1.54, 1.807) is 0 Å². The Morgan fingerprint density at radius 2 is 1.08 bits per heavy atom. The fourth-order valence-corrected chi connectivity index (χ4v) is 7.13. The van der Waals surface area contributed by atoms with E-state index >= 15 is 0 Å². The van der Waals surface area contributed by atoms with Crippen LogP contribution in [0.3, 0.4) is 0 Å². The van der Waals surface area contributed by atoms with Crippen molar-refractivity contribution in [3.8, 4) is 33.8 Å². The quantitative estimate of drug-likeness (QED) is 0.0826. The summed E-state index contributed by atoms with van der Waals surface area (Å²) in [5.74, 6) is 1.49. The third kappa shape index (κ3) is 8.89. The highest BCUT2D eigenvalue weighted by Gasteiger charge is 2.35. The van der Waals surface area contributed by atoms with Crippen molar-refractivity contribution in [1.82, 2.24) is 0 Å². The van der Waals surface area contributed by atoms with Gasteiger partial charge in [0.15, 0.2) is 0 Å². The summed E-state index contributed by atoms with van der Waals surface area (Å²) < 4.78 is 13.5. The van der Waals surface area contributed by atoms with Crippen molar-refractivity contribution >= 4 is 5.97 Å². The molecule has 0 aliphatic heterocycles. The first-order valence-electron chi connectivity index (χ1n) is 19.1. The van der Waals surface area contributed by atoms with E-state index in [-0.39, 0.29) is 17.0 Å². The van der Waals surface area contributed by atoms with Crippen molar-refractivity contribution in [3.05, 3.63) is 107 Å². The number of carbonyl (C=O) groups excluding carboxylic acids is 1. The Kier molecular flexibility index (Phi) is 13.2. The Bertz CT molecular complexity index is 1700. The minimum atomic E-state index is -0.521. The van der Waals surface area contributed by atoms with Crippen LogP contribution in [-0.4, -0.2) is 11.6 Å². The number of hydrogen-bond acceptors (Lipinski definition) is 3. The van der Waals surface area contributed by atoms with Gasteiger partial charge >= 0.3 is 5.97 Å². The molecule has 0 fully saturated rings. The molecule has 0 aromatic heterocycles. The van der Waals surface area contributed by atoms with Crippen LogP contribution in [0.5, 0.6) is 11.5 Å². The molecular weight excluding hydrogens is 613 g/mol. The van der Waals surface area contributed by atoms with Gasteiger partial charge in [-0.15, -0.1) is 0 Å². The average Bonchev–Trinajstić information content (AvgIpc) is 3.11. The number of esters is 1. The SMILES string of the molecule is CCCCC(C)(CCC)Oc1c(C)cc(C(C)(C)c2cc(C)c(OC(=O)C(C)(CC)CCCC)c(-c3ccccc3)c2)cc1-c1ccccc1. The van der Waals surface area contributed by atoms with Gasteiger partial charge in [-0.2, -0.15) is 0 Å². The maximum Gasteiger partial charge on any atom is 0.317 e. The standard InChI is InChI=1S/C47H62O3/c1-11-15-28-46(9,14-4)44(48)49-42-34(5)30-38(32-40(42)36-23-19-17-20-24-36)45(7,8)39-31-35(6)43(41(33-39)37-25-21-18-22-26-37)50-47(10,27-13-3)29-16-12-2/h17-26,30-33H,11-16,27-29H2,1-10H3. The van der Waals surface area contributed by atoms with E-state index in [1.807, 2.05) is 18.2 Å². The van der Waals surface area contributed by atoms with Gasteiger partial charge in [-0.05, 0) is 105 Å². The first-order chi connectivity index (χ1) is 23.8. The van der Waals surface area contributed by atoms with Crippen LogP contribution in [0.2, 0.25) is 0 Å². The molecule has 2 atom stereocenters. The number of hydrogen-bond donors (Lipinski definition) is 0. The van der Waals surface area contributed by atoms with Crippen LogP contribution in [0.15, 0.2) is 84.9 Å².